The maximum atomic E-state index is 11.8. The minimum Gasteiger partial charge on any atom is -0.197 e. The molecule has 0 aromatic heterocycles. The maximum absolute atomic E-state index is 11.8. The maximum Gasteiger partial charge on any atom is 0.312 e. The summed E-state index contributed by atoms with van der Waals surface area (Å²) in [5.74, 6) is 4.88. The smallest absolute Gasteiger partial charge is 0.197 e. The Morgan fingerprint density at radius 1 is 1.11 bits per heavy atom. The Balaban J connectivity index is 3.48. The molecule has 4 nitrogen and oxygen atoms in total. The van der Waals surface area contributed by atoms with Crippen LogP contribution in [0.5, 0.6) is 0 Å². The number of nitrogens with two attached hydrogens (primary N) is 1. The highest BCUT2D eigenvalue weighted by atomic mass is 32.2. The van der Waals surface area contributed by atoms with Gasteiger partial charge in [0.2, 0.25) is 0 Å². The van der Waals surface area contributed by atoms with Crippen LogP contribution in [0.2, 0.25) is 0 Å². The van der Waals surface area contributed by atoms with E-state index in [-0.39, 0.29) is 4.90 Å². The van der Waals surface area contributed by atoms with Crippen molar-refractivity contribution in [1.29, 1.82) is 0 Å². The minimum atomic E-state index is -3.83. The van der Waals surface area contributed by atoms with Crippen molar-refractivity contribution in [2.24, 2.45) is 5.90 Å². The summed E-state index contributed by atoms with van der Waals surface area (Å²) in [4.78, 5) is 0.209. The molecule has 0 radical (unpaired) electrons. The average molecular weight is 271 g/mol. The molecule has 0 bridgehead atoms. The molecule has 1 aromatic carbocycles. The third-order valence-corrected chi connectivity index (χ3v) is 4.19. The quantitative estimate of drug-likeness (QED) is 0.807. The molecule has 2 N–H and O–H groups in total. The van der Waals surface area contributed by atoms with E-state index >= 15 is 0 Å². The molecule has 0 atom stereocenters. The van der Waals surface area contributed by atoms with Crippen molar-refractivity contribution in [2.75, 3.05) is 0 Å². The molecule has 0 aliphatic carbocycles. The van der Waals surface area contributed by atoms with Crippen LogP contribution in [-0.4, -0.2) is 8.42 Å². The van der Waals surface area contributed by atoms with Crippen LogP contribution in [0.3, 0.4) is 0 Å². The summed E-state index contributed by atoms with van der Waals surface area (Å²) >= 11 is 0. The summed E-state index contributed by atoms with van der Waals surface area (Å²) in [5.41, 5.74) is 3.08. The van der Waals surface area contributed by atoms with Gasteiger partial charge in [-0.1, -0.05) is 32.8 Å². The summed E-state index contributed by atoms with van der Waals surface area (Å²) < 4.78 is 27.8. The monoisotopic (exact) mass is 271 g/mol. The molecule has 0 saturated carbocycles. The molecule has 0 heterocycles. The Bertz CT molecular complexity index is 509. The SMILES string of the molecule is CCCc1c(C)ccc(S(=O)(=O)ON)c1CCC. The van der Waals surface area contributed by atoms with E-state index in [2.05, 4.69) is 11.2 Å². The van der Waals surface area contributed by atoms with E-state index in [4.69, 9.17) is 5.90 Å². The normalized spacial score (nSPS) is 11.8. The van der Waals surface area contributed by atoms with Crippen LogP contribution in [0.4, 0.5) is 0 Å². The van der Waals surface area contributed by atoms with Crippen LogP contribution in [-0.2, 0) is 27.2 Å². The van der Waals surface area contributed by atoms with Crippen molar-refractivity contribution < 1.29 is 12.7 Å². The van der Waals surface area contributed by atoms with E-state index in [1.165, 1.54) is 0 Å². The molecular formula is C13H21NO3S. The van der Waals surface area contributed by atoms with Crippen LogP contribution in [0.25, 0.3) is 0 Å². The Kier molecular flexibility index (Phi) is 5.31. The summed E-state index contributed by atoms with van der Waals surface area (Å²) in [6.07, 6.45) is 3.45. The molecule has 0 amide bonds. The van der Waals surface area contributed by atoms with Gasteiger partial charge in [-0.25, -0.2) is 0 Å². The van der Waals surface area contributed by atoms with E-state index in [0.717, 1.165) is 42.4 Å². The number of hydrogen-bond acceptors (Lipinski definition) is 4. The van der Waals surface area contributed by atoms with Crippen molar-refractivity contribution >= 4 is 10.1 Å². The van der Waals surface area contributed by atoms with Crippen LogP contribution in [0.15, 0.2) is 17.0 Å². The molecule has 5 heteroatoms. The van der Waals surface area contributed by atoms with Crippen molar-refractivity contribution in [3.8, 4) is 0 Å². The second-order valence-electron chi connectivity index (χ2n) is 4.39. The predicted octanol–water partition coefficient (Wildman–Crippen LogP) is 2.48. The Morgan fingerprint density at radius 3 is 2.17 bits per heavy atom. The zero-order valence-electron chi connectivity index (χ0n) is 11.2. The fourth-order valence-corrected chi connectivity index (χ4v) is 3.06. The van der Waals surface area contributed by atoms with Crippen molar-refractivity contribution in [3.05, 3.63) is 28.8 Å². The van der Waals surface area contributed by atoms with E-state index < -0.39 is 10.1 Å². The summed E-state index contributed by atoms with van der Waals surface area (Å²) in [5, 5.41) is 0. The Labute approximate surface area is 109 Å². The lowest BCUT2D eigenvalue weighted by atomic mass is 9.95. The van der Waals surface area contributed by atoms with E-state index in [1.54, 1.807) is 6.07 Å². The fraction of sp³-hybridized carbons (Fsp3) is 0.538. The molecule has 18 heavy (non-hydrogen) atoms. The molecule has 0 spiro atoms. The number of hydrogen-bond donors (Lipinski definition) is 1. The lowest BCUT2D eigenvalue weighted by molar-refractivity contribution is 0.332. The summed E-state index contributed by atoms with van der Waals surface area (Å²) in [6, 6.07) is 3.40. The van der Waals surface area contributed by atoms with Gasteiger partial charge in [0.05, 0.1) is 4.90 Å². The largest absolute Gasteiger partial charge is 0.312 e. The highest BCUT2D eigenvalue weighted by Gasteiger charge is 2.21. The van der Waals surface area contributed by atoms with E-state index in [9.17, 15) is 8.42 Å². The van der Waals surface area contributed by atoms with Crippen molar-refractivity contribution in [2.45, 2.75) is 51.3 Å². The number of aryl methyl sites for hydroxylation is 1. The van der Waals surface area contributed by atoms with Gasteiger partial charge < -0.3 is 0 Å². The zero-order chi connectivity index (χ0) is 13.8. The van der Waals surface area contributed by atoms with Gasteiger partial charge in [-0.15, -0.1) is 0 Å². The molecule has 0 fully saturated rings. The molecule has 1 aromatic rings. The fourth-order valence-electron chi connectivity index (χ4n) is 2.20. The standard InChI is InChI=1S/C13H21NO3S/c1-4-6-11-10(3)8-9-13(12(11)7-5-2)18(15,16)17-14/h8-9H,4-7,14H2,1-3H3. The highest BCUT2D eigenvalue weighted by molar-refractivity contribution is 7.86. The molecule has 0 unspecified atom stereocenters. The first-order chi connectivity index (χ1) is 8.47. The van der Waals surface area contributed by atoms with Crippen molar-refractivity contribution in [1.82, 2.24) is 0 Å². The highest BCUT2D eigenvalue weighted by Crippen LogP contribution is 2.26. The zero-order valence-corrected chi connectivity index (χ0v) is 12.0. The lowest BCUT2D eigenvalue weighted by Gasteiger charge is -2.15. The van der Waals surface area contributed by atoms with Crippen LogP contribution >= 0.6 is 0 Å². The predicted molar refractivity (Wildman–Crippen MR) is 71.6 cm³/mol. The second-order valence-corrected chi connectivity index (χ2v) is 5.93. The molecule has 0 aliphatic heterocycles. The summed E-state index contributed by atoms with van der Waals surface area (Å²) in [7, 11) is -3.83. The van der Waals surface area contributed by atoms with Gasteiger partial charge in [0, 0.05) is 0 Å². The van der Waals surface area contributed by atoms with Gasteiger partial charge in [-0.2, -0.15) is 18.6 Å². The third kappa shape index (κ3) is 3.10. The first kappa shape index (κ1) is 15.1. The molecule has 0 aliphatic rings. The Hall–Kier alpha value is -0.910. The second kappa shape index (κ2) is 6.31. The van der Waals surface area contributed by atoms with Gasteiger partial charge in [0.1, 0.15) is 0 Å². The average Bonchev–Trinajstić information content (AvgIpc) is 2.34. The van der Waals surface area contributed by atoms with E-state index in [0.29, 0.717) is 0 Å². The van der Waals surface area contributed by atoms with Crippen LogP contribution < -0.4 is 5.90 Å². The van der Waals surface area contributed by atoms with Gasteiger partial charge in [-0.3, -0.25) is 0 Å². The first-order valence-corrected chi connectivity index (χ1v) is 7.63. The van der Waals surface area contributed by atoms with Gasteiger partial charge in [-0.05, 0) is 42.5 Å². The minimum absolute atomic E-state index is 0.209. The van der Waals surface area contributed by atoms with Crippen LogP contribution in [0.1, 0.15) is 43.4 Å². The molecule has 102 valence electrons. The van der Waals surface area contributed by atoms with Gasteiger partial charge >= 0.3 is 10.1 Å². The molecule has 0 saturated heterocycles. The van der Waals surface area contributed by atoms with E-state index in [1.807, 2.05) is 19.9 Å². The van der Waals surface area contributed by atoms with Crippen LogP contribution in [0, 0.1) is 6.92 Å². The van der Waals surface area contributed by atoms with Gasteiger partial charge in [0.15, 0.2) is 0 Å². The number of benzene rings is 1. The Morgan fingerprint density at radius 2 is 1.67 bits per heavy atom. The molecule has 1 rings (SSSR count). The lowest BCUT2D eigenvalue weighted by Crippen LogP contribution is -2.15. The van der Waals surface area contributed by atoms with Gasteiger partial charge in [0.25, 0.3) is 0 Å². The first-order valence-electron chi connectivity index (χ1n) is 6.22. The third-order valence-electron chi connectivity index (χ3n) is 3.02. The number of rotatable bonds is 6. The molecular weight excluding hydrogens is 250 g/mol. The summed E-state index contributed by atoms with van der Waals surface area (Å²) in [6.45, 7) is 6.11. The van der Waals surface area contributed by atoms with Crippen molar-refractivity contribution in [3.63, 3.8) is 0 Å². The topological polar surface area (TPSA) is 69.4 Å².